The van der Waals surface area contributed by atoms with Crippen LogP contribution in [0.25, 0.3) is 6.08 Å². The van der Waals surface area contributed by atoms with Gasteiger partial charge in [-0.05, 0) is 42.0 Å². The molecular weight excluding hydrogens is 517 g/mol. The van der Waals surface area contributed by atoms with Gasteiger partial charge in [0.2, 0.25) is 0 Å². The summed E-state index contributed by atoms with van der Waals surface area (Å²) in [7, 11) is 1.36. The van der Waals surface area contributed by atoms with E-state index in [0.717, 1.165) is 11.6 Å². The van der Waals surface area contributed by atoms with Crippen molar-refractivity contribution in [3.8, 4) is 17.6 Å². The quantitative estimate of drug-likeness (QED) is 0.150. The first-order chi connectivity index (χ1) is 16.7. The Balaban J connectivity index is 1.82. The molecule has 0 unspecified atom stereocenters. The van der Waals surface area contributed by atoms with Gasteiger partial charge in [-0.3, -0.25) is 14.9 Å². The summed E-state index contributed by atoms with van der Waals surface area (Å²) in [6, 6.07) is 15.8. The Morgan fingerprint density at radius 2 is 1.80 bits per heavy atom. The van der Waals surface area contributed by atoms with Crippen LogP contribution in [-0.4, -0.2) is 17.9 Å². The molecule has 3 aromatic carbocycles. The van der Waals surface area contributed by atoms with Gasteiger partial charge in [-0.15, -0.1) is 0 Å². The van der Waals surface area contributed by atoms with Crippen molar-refractivity contribution in [2.75, 3.05) is 12.4 Å². The molecular formula is C24H16Cl3N3O5. The lowest BCUT2D eigenvalue weighted by molar-refractivity contribution is -0.384. The summed E-state index contributed by atoms with van der Waals surface area (Å²) >= 11 is 18.8. The van der Waals surface area contributed by atoms with Crippen LogP contribution >= 0.6 is 34.8 Å². The number of amides is 1. The SMILES string of the molecule is COc1ccc(NC(=O)/C(C#N)=C/c2cc(Cl)c(OCc3ccccc3Cl)c(Cl)c2)c([N+](=O)[O-])c1. The van der Waals surface area contributed by atoms with Crippen LogP contribution in [0.1, 0.15) is 11.1 Å². The molecule has 0 aromatic heterocycles. The number of hydrogen-bond donors (Lipinski definition) is 1. The van der Waals surface area contributed by atoms with E-state index in [2.05, 4.69) is 5.32 Å². The Morgan fingerprint density at radius 1 is 1.11 bits per heavy atom. The van der Waals surface area contributed by atoms with Crippen molar-refractivity contribution < 1.29 is 19.2 Å². The number of carbonyl (C=O) groups is 1. The van der Waals surface area contributed by atoms with Crippen LogP contribution in [-0.2, 0) is 11.4 Å². The topological polar surface area (TPSA) is 114 Å². The highest BCUT2D eigenvalue weighted by atomic mass is 35.5. The number of halogens is 3. The van der Waals surface area contributed by atoms with Crippen LogP contribution in [0.3, 0.4) is 0 Å². The van der Waals surface area contributed by atoms with Crippen LogP contribution in [0, 0.1) is 21.4 Å². The number of nitro groups is 1. The third kappa shape index (κ3) is 6.43. The number of ether oxygens (including phenoxy) is 2. The van der Waals surface area contributed by atoms with Gasteiger partial charge >= 0.3 is 0 Å². The highest BCUT2D eigenvalue weighted by Gasteiger charge is 2.19. The Kier molecular flexibility index (Phi) is 8.55. The molecule has 0 heterocycles. The summed E-state index contributed by atoms with van der Waals surface area (Å²) in [5.41, 5.74) is 0.275. The van der Waals surface area contributed by atoms with Crippen molar-refractivity contribution >= 4 is 58.2 Å². The van der Waals surface area contributed by atoms with Gasteiger partial charge in [0.1, 0.15) is 29.7 Å². The molecule has 0 aliphatic heterocycles. The van der Waals surface area contributed by atoms with Crippen molar-refractivity contribution in [2.24, 2.45) is 0 Å². The van der Waals surface area contributed by atoms with E-state index in [9.17, 15) is 20.2 Å². The van der Waals surface area contributed by atoms with Gasteiger partial charge in [-0.2, -0.15) is 5.26 Å². The number of anilines is 1. The van der Waals surface area contributed by atoms with Crippen LogP contribution in [0.4, 0.5) is 11.4 Å². The number of rotatable bonds is 8. The highest BCUT2D eigenvalue weighted by Crippen LogP contribution is 2.36. The summed E-state index contributed by atoms with van der Waals surface area (Å²) in [4.78, 5) is 23.3. The van der Waals surface area contributed by atoms with Gasteiger partial charge in [0, 0.05) is 10.6 Å². The lowest BCUT2D eigenvalue weighted by Crippen LogP contribution is -2.14. The minimum atomic E-state index is -0.855. The number of nitro benzene ring substituents is 1. The van der Waals surface area contributed by atoms with Crippen molar-refractivity contribution in [1.82, 2.24) is 0 Å². The Bertz CT molecular complexity index is 1350. The zero-order valence-corrected chi connectivity index (χ0v) is 20.3. The summed E-state index contributed by atoms with van der Waals surface area (Å²) < 4.78 is 10.7. The molecule has 178 valence electrons. The van der Waals surface area contributed by atoms with Gasteiger partial charge in [0.15, 0.2) is 5.75 Å². The summed E-state index contributed by atoms with van der Waals surface area (Å²) in [5, 5.41) is 24.0. The second-order valence-corrected chi connectivity index (χ2v) is 8.18. The van der Waals surface area contributed by atoms with E-state index in [1.807, 2.05) is 6.07 Å². The molecule has 1 amide bonds. The van der Waals surface area contributed by atoms with Crippen molar-refractivity contribution in [3.63, 3.8) is 0 Å². The zero-order chi connectivity index (χ0) is 25.5. The van der Waals surface area contributed by atoms with E-state index in [0.29, 0.717) is 10.6 Å². The molecule has 1 N–H and O–H groups in total. The monoisotopic (exact) mass is 531 g/mol. The zero-order valence-electron chi connectivity index (χ0n) is 18.1. The predicted molar refractivity (Wildman–Crippen MR) is 134 cm³/mol. The molecule has 0 aliphatic rings. The first kappa shape index (κ1) is 25.8. The Hall–Kier alpha value is -3.77. The van der Waals surface area contributed by atoms with E-state index < -0.39 is 10.8 Å². The van der Waals surface area contributed by atoms with Gasteiger partial charge in [0.25, 0.3) is 11.6 Å². The van der Waals surface area contributed by atoms with Gasteiger partial charge < -0.3 is 14.8 Å². The third-order valence-corrected chi connectivity index (χ3v) is 5.61. The maximum atomic E-state index is 12.6. The average Bonchev–Trinajstić information content (AvgIpc) is 2.83. The number of hydrogen-bond acceptors (Lipinski definition) is 6. The largest absolute Gasteiger partial charge is 0.496 e. The van der Waals surface area contributed by atoms with E-state index >= 15 is 0 Å². The fourth-order valence-corrected chi connectivity index (χ4v) is 3.77. The van der Waals surface area contributed by atoms with Crippen LogP contribution in [0.5, 0.6) is 11.5 Å². The second kappa shape index (κ2) is 11.6. The van der Waals surface area contributed by atoms with Crippen molar-refractivity contribution in [2.45, 2.75) is 6.61 Å². The lowest BCUT2D eigenvalue weighted by atomic mass is 10.1. The minimum Gasteiger partial charge on any atom is -0.496 e. The number of methoxy groups -OCH3 is 1. The maximum absolute atomic E-state index is 12.6. The Morgan fingerprint density at radius 3 is 2.40 bits per heavy atom. The second-order valence-electron chi connectivity index (χ2n) is 6.96. The van der Waals surface area contributed by atoms with Gasteiger partial charge in [-0.25, -0.2) is 0 Å². The Labute approximate surface area is 215 Å². The molecule has 3 rings (SSSR count). The third-order valence-electron chi connectivity index (χ3n) is 4.68. The molecule has 0 radical (unpaired) electrons. The summed E-state index contributed by atoms with van der Waals surface area (Å²) in [6.07, 6.45) is 1.25. The van der Waals surface area contributed by atoms with Crippen LogP contribution < -0.4 is 14.8 Å². The maximum Gasteiger partial charge on any atom is 0.296 e. The van der Waals surface area contributed by atoms with E-state index in [4.69, 9.17) is 44.3 Å². The molecule has 11 heteroatoms. The molecule has 0 bridgehead atoms. The number of nitriles is 1. The fourth-order valence-electron chi connectivity index (χ4n) is 2.97. The number of benzene rings is 3. The number of carbonyl (C=O) groups excluding carboxylic acids is 1. The van der Waals surface area contributed by atoms with Crippen molar-refractivity contribution in [1.29, 1.82) is 5.26 Å². The molecule has 0 fully saturated rings. The molecule has 0 atom stereocenters. The van der Waals surface area contributed by atoms with E-state index in [-0.39, 0.29) is 45.1 Å². The first-order valence-corrected chi connectivity index (χ1v) is 11.0. The first-order valence-electron chi connectivity index (χ1n) is 9.84. The molecule has 0 aliphatic carbocycles. The smallest absolute Gasteiger partial charge is 0.296 e. The predicted octanol–water partition coefficient (Wildman–Crippen LogP) is 6.69. The van der Waals surface area contributed by atoms with Crippen LogP contribution in [0.2, 0.25) is 15.1 Å². The minimum absolute atomic E-state index is 0.0960. The summed E-state index contributed by atoms with van der Waals surface area (Å²) in [6.45, 7) is 0.126. The highest BCUT2D eigenvalue weighted by molar-refractivity contribution is 6.37. The number of nitrogens with one attached hydrogen (secondary N) is 1. The van der Waals surface area contributed by atoms with Gasteiger partial charge in [-0.1, -0.05) is 53.0 Å². The molecule has 8 nitrogen and oxygen atoms in total. The molecule has 0 spiro atoms. The van der Waals surface area contributed by atoms with Crippen LogP contribution in [0.15, 0.2) is 60.2 Å². The molecule has 35 heavy (non-hydrogen) atoms. The average molecular weight is 533 g/mol. The van der Waals surface area contributed by atoms with E-state index in [1.165, 1.54) is 37.5 Å². The fraction of sp³-hybridized carbons (Fsp3) is 0.0833. The summed E-state index contributed by atoms with van der Waals surface area (Å²) in [5.74, 6) is -0.402. The molecule has 0 saturated heterocycles. The van der Waals surface area contributed by atoms with E-state index in [1.54, 1.807) is 24.3 Å². The number of nitrogens with zero attached hydrogens (tertiary/aromatic N) is 2. The lowest BCUT2D eigenvalue weighted by Gasteiger charge is -2.12. The molecule has 3 aromatic rings. The standard InChI is InChI=1S/C24H16Cl3N3O5/c1-34-17-6-7-21(22(11-17)30(32)33)29-24(31)16(12-28)8-14-9-19(26)23(20(27)10-14)35-13-15-4-2-3-5-18(15)25/h2-11H,13H2,1H3,(H,29,31)/b16-8+. The normalized spacial score (nSPS) is 10.9. The van der Waals surface area contributed by atoms with Gasteiger partial charge in [0.05, 0.1) is 28.1 Å². The van der Waals surface area contributed by atoms with Crippen molar-refractivity contribution in [3.05, 3.63) is 96.5 Å². The molecule has 0 saturated carbocycles.